The number of aliphatic carboxylic acids is 1. The topological polar surface area (TPSA) is 75.6 Å². The Balaban J connectivity index is 1.67. The average Bonchev–Trinajstić information content (AvgIpc) is 2.30. The van der Waals surface area contributed by atoms with E-state index in [0.717, 1.165) is 6.42 Å². The van der Waals surface area contributed by atoms with Gasteiger partial charge in [-0.25, -0.2) is 4.79 Å². The van der Waals surface area contributed by atoms with Gasteiger partial charge in [-0.15, -0.1) is 0 Å². The summed E-state index contributed by atoms with van der Waals surface area (Å²) >= 11 is 0. The number of fused-ring (bicyclic) bond motifs is 1. The van der Waals surface area contributed by atoms with E-state index in [1.807, 2.05) is 12.1 Å². The van der Waals surface area contributed by atoms with Crippen molar-refractivity contribution in [1.82, 2.24) is 5.32 Å². The van der Waals surface area contributed by atoms with Gasteiger partial charge in [-0.1, -0.05) is 24.3 Å². The van der Waals surface area contributed by atoms with E-state index in [4.69, 9.17) is 9.84 Å². The molecule has 1 aromatic carbocycles. The molecule has 0 saturated carbocycles. The third-order valence-electron chi connectivity index (χ3n) is 2.97. The Morgan fingerprint density at radius 2 is 2.11 bits per heavy atom. The van der Waals surface area contributed by atoms with Gasteiger partial charge in [0.1, 0.15) is 13.2 Å². The number of carbonyl (C=O) groups excluding carboxylic acids is 1. The van der Waals surface area contributed by atoms with Crippen molar-refractivity contribution >= 4 is 11.9 Å². The molecule has 18 heavy (non-hydrogen) atoms. The van der Waals surface area contributed by atoms with E-state index >= 15 is 0 Å². The smallest absolute Gasteiger partial charge is 0.329 e. The molecule has 0 saturated heterocycles. The zero-order chi connectivity index (χ0) is 13.0. The summed E-state index contributed by atoms with van der Waals surface area (Å²) in [6.45, 7) is -0.0768. The summed E-state index contributed by atoms with van der Waals surface area (Å²) in [4.78, 5) is 21.5. The molecule has 2 rings (SSSR count). The van der Waals surface area contributed by atoms with Crippen LogP contribution in [0.4, 0.5) is 0 Å². The van der Waals surface area contributed by atoms with E-state index in [2.05, 4.69) is 17.4 Å². The zero-order valence-corrected chi connectivity index (χ0v) is 9.89. The van der Waals surface area contributed by atoms with Gasteiger partial charge in [-0.2, -0.15) is 0 Å². The van der Waals surface area contributed by atoms with Crippen molar-refractivity contribution in [3.8, 4) is 0 Å². The number of hydrogen-bond acceptors (Lipinski definition) is 3. The van der Waals surface area contributed by atoms with Crippen molar-refractivity contribution in [2.45, 2.75) is 12.3 Å². The summed E-state index contributed by atoms with van der Waals surface area (Å²) in [6.07, 6.45) is 0.979. The van der Waals surface area contributed by atoms with Crippen LogP contribution in [0.5, 0.6) is 0 Å². The summed E-state index contributed by atoms with van der Waals surface area (Å²) in [5.41, 5.74) is 2.61. The zero-order valence-electron chi connectivity index (χ0n) is 9.89. The fourth-order valence-electron chi connectivity index (χ4n) is 2.06. The largest absolute Gasteiger partial charge is 0.480 e. The van der Waals surface area contributed by atoms with Crippen molar-refractivity contribution < 1.29 is 19.4 Å². The first kappa shape index (κ1) is 12.6. The van der Waals surface area contributed by atoms with Crippen LogP contribution in [-0.4, -0.2) is 36.7 Å². The van der Waals surface area contributed by atoms with Gasteiger partial charge in [0.05, 0.1) is 0 Å². The maximum Gasteiger partial charge on any atom is 0.329 e. The highest BCUT2D eigenvalue weighted by Crippen LogP contribution is 2.33. The van der Waals surface area contributed by atoms with Crippen LogP contribution in [0, 0.1) is 0 Å². The van der Waals surface area contributed by atoms with Gasteiger partial charge in [-0.05, 0) is 17.5 Å². The fourth-order valence-corrected chi connectivity index (χ4v) is 2.06. The Bertz CT molecular complexity index is 458. The summed E-state index contributed by atoms with van der Waals surface area (Å²) < 4.78 is 4.70. The van der Waals surface area contributed by atoms with Gasteiger partial charge in [0.15, 0.2) is 0 Å². The van der Waals surface area contributed by atoms with Crippen molar-refractivity contribution in [3.63, 3.8) is 0 Å². The maximum atomic E-state index is 11.4. The lowest BCUT2D eigenvalue weighted by molar-refractivity contribution is -0.143. The number of carboxylic acids is 1. The maximum absolute atomic E-state index is 11.4. The predicted octanol–water partition coefficient (Wildman–Crippen LogP) is 0.544. The van der Waals surface area contributed by atoms with Crippen LogP contribution in [0.2, 0.25) is 0 Å². The molecular weight excluding hydrogens is 234 g/mol. The Morgan fingerprint density at radius 1 is 1.33 bits per heavy atom. The standard InChI is InChI=1S/C13H15NO4/c15-12(7-18-8-13(16)17)14-6-10-5-9-3-1-2-4-11(9)10/h1-4,10H,5-8H2,(H,14,15)(H,16,17). The quantitative estimate of drug-likeness (QED) is 0.771. The van der Waals surface area contributed by atoms with Crippen molar-refractivity contribution in [2.24, 2.45) is 0 Å². The summed E-state index contributed by atoms with van der Waals surface area (Å²) in [7, 11) is 0. The summed E-state index contributed by atoms with van der Waals surface area (Å²) in [5, 5.41) is 11.1. The number of amides is 1. The number of hydrogen-bond donors (Lipinski definition) is 2. The number of nitrogens with one attached hydrogen (secondary N) is 1. The molecule has 1 aromatic rings. The molecule has 1 unspecified atom stereocenters. The van der Waals surface area contributed by atoms with Crippen molar-refractivity contribution in [3.05, 3.63) is 35.4 Å². The van der Waals surface area contributed by atoms with Gasteiger partial charge in [0, 0.05) is 12.5 Å². The Hall–Kier alpha value is -1.88. The van der Waals surface area contributed by atoms with Crippen molar-refractivity contribution in [2.75, 3.05) is 19.8 Å². The van der Waals surface area contributed by atoms with Gasteiger partial charge in [-0.3, -0.25) is 4.79 Å². The molecule has 1 atom stereocenters. The van der Waals surface area contributed by atoms with Crippen LogP contribution >= 0.6 is 0 Å². The second-order valence-corrected chi connectivity index (χ2v) is 4.29. The average molecular weight is 249 g/mol. The summed E-state index contributed by atoms with van der Waals surface area (Å²) in [5.74, 6) is -0.985. The van der Waals surface area contributed by atoms with E-state index in [1.54, 1.807) is 0 Å². The fraction of sp³-hybridized carbons (Fsp3) is 0.385. The lowest BCUT2D eigenvalue weighted by Crippen LogP contribution is -2.35. The summed E-state index contributed by atoms with van der Waals surface area (Å²) in [6, 6.07) is 8.15. The molecule has 5 heteroatoms. The molecule has 2 N–H and O–H groups in total. The van der Waals surface area contributed by atoms with Crippen LogP contribution in [0.25, 0.3) is 0 Å². The van der Waals surface area contributed by atoms with Gasteiger partial charge < -0.3 is 15.2 Å². The SMILES string of the molecule is O=C(O)COCC(=O)NCC1Cc2ccccc21. The molecule has 1 amide bonds. The van der Waals surface area contributed by atoms with Crippen molar-refractivity contribution in [1.29, 1.82) is 0 Å². The lowest BCUT2D eigenvalue weighted by atomic mass is 9.77. The van der Waals surface area contributed by atoms with Gasteiger partial charge in [0.2, 0.25) is 5.91 Å². The highest BCUT2D eigenvalue weighted by molar-refractivity contribution is 5.77. The normalized spacial score (nSPS) is 16.6. The number of carbonyl (C=O) groups is 2. The highest BCUT2D eigenvalue weighted by Gasteiger charge is 2.25. The number of carboxylic acid groups (broad SMARTS) is 1. The molecule has 5 nitrogen and oxygen atoms in total. The lowest BCUT2D eigenvalue weighted by Gasteiger charge is -2.30. The van der Waals surface area contributed by atoms with Gasteiger partial charge >= 0.3 is 5.97 Å². The van der Waals surface area contributed by atoms with E-state index < -0.39 is 12.6 Å². The first-order valence-electron chi connectivity index (χ1n) is 5.81. The van der Waals surface area contributed by atoms with E-state index in [-0.39, 0.29) is 12.5 Å². The van der Waals surface area contributed by atoms with Crippen LogP contribution in [0.1, 0.15) is 17.0 Å². The molecule has 0 aliphatic heterocycles. The second kappa shape index (κ2) is 5.64. The van der Waals surface area contributed by atoms with Crippen LogP contribution in [0.3, 0.4) is 0 Å². The Kier molecular flexibility index (Phi) is 3.94. The minimum absolute atomic E-state index is 0.208. The Labute approximate surface area is 105 Å². The van der Waals surface area contributed by atoms with Crippen LogP contribution in [0.15, 0.2) is 24.3 Å². The van der Waals surface area contributed by atoms with Gasteiger partial charge in [0.25, 0.3) is 0 Å². The molecule has 1 aliphatic rings. The monoisotopic (exact) mass is 249 g/mol. The van der Waals surface area contributed by atoms with E-state index in [1.165, 1.54) is 11.1 Å². The minimum Gasteiger partial charge on any atom is -0.480 e. The molecule has 0 radical (unpaired) electrons. The number of benzene rings is 1. The Morgan fingerprint density at radius 3 is 2.83 bits per heavy atom. The predicted molar refractivity (Wildman–Crippen MR) is 64.4 cm³/mol. The molecule has 96 valence electrons. The first-order valence-corrected chi connectivity index (χ1v) is 5.81. The van der Waals surface area contributed by atoms with E-state index in [9.17, 15) is 9.59 Å². The third kappa shape index (κ3) is 3.07. The molecule has 0 bridgehead atoms. The molecular formula is C13H15NO4. The first-order chi connectivity index (χ1) is 8.66. The molecule has 1 aliphatic carbocycles. The number of rotatable bonds is 6. The van der Waals surface area contributed by atoms with Crippen LogP contribution in [-0.2, 0) is 20.7 Å². The third-order valence-corrected chi connectivity index (χ3v) is 2.97. The minimum atomic E-state index is -1.07. The molecule has 0 spiro atoms. The molecule has 0 fully saturated rings. The highest BCUT2D eigenvalue weighted by atomic mass is 16.5. The number of ether oxygens (including phenoxy) is 1. The van der Waals surface area contributed by atoms with E-state index in [0.29, 0.717) is 12.5 Å². The molecule has 0 aromatic heterocycles. The second-order valence-electron chi connectivity index (χ2n) is 4.29. The van der Waals surface area contributed by atoms with Crippen LogP contribution < -0.4 is 5.32 Å². The molecule has 0 heterocycles.